The number of aliphatic hydroxyl groups excluding tert-OH is 1. The number of ketones is 1. The molecule has 27 heavy (non-hydrogen) atoms. The maximum absolute atomic E-state index is 12.5. The van der Waals surface area contributed by atoms with Gasteiger partial charge >= 0.3 is 11.9 Å². The third-order valence-electron chi connectivity index (χ3n) is 5.21. The Labute approximate surface area is 158 Å². The van der Waals surface area contributed by atoms with Crippen molar-refractivity contribution in [3.63, 3.8) is 0 Å². The number of allylic oxidation sites excluding steroid dienone is 1. The van der Waals surface area contributed by atoms with E-state index in [2.05, 4.69) is 6.58 Å². The van der Waals surface area contributed by atoms with Crippen molar-refractivity contribution in [2.45, 2.75) is 64.4 Å². The Morgan fingerprint density at radius 3 is 2.67 bits per heavy atom. The molecule has 2 N–H and O–H groups in total. The van der Waals surface area contributed by atoms with E-state index in [4.69, 9.17) is 9.47 Å². The highest BCUT2D eigenvalue weighted by molar-refractivity contribution is 5.92. The molecule has 148 valence electrons. The molecule has 0 aromatic carbocycles. The summed E-state index contributed by atoms with van der Waals surface area (Å²) in [6.07, 6.45) is -0.346. The van der Waals surface area contributed by atoms with Crippen molar-refractivity contribution in [1.82, 2.24) is 0 Å². The molecule has 1 saturated heterocycles. The lowest BCUT2D eigenvalue weighted by Crippen LogP contribution is -2.46. The van der Waals surface area contributed by atoms with Crippen LogP contribution in [-0.4, -0.2) is 51.8 Å². The second-order valence-electron chi connectivity index (χ2n) is 7.37. The molecular formula is C20H26O7. The van der Waals surface area contributed by atoms with Crippen LogP contribution in [0.2, 0.25) is 0 Å². The van der Waals surface area contributed by atoms with Gasteiger partial charge in [0.25, 0.3) is 0 Å². The molecule has 0 aromatic rings. The van der Waals surface area contributed by atoms with Gasteiger partial charge in [0.2, 0.25) is 0 Å². The monoisotopic (exact) mass is 378 g/mol. The van der Waals surface area contributed by atoms with Gasteiger partial charge in [0.1, 0.15) is 17.8 Å². The van der Waals surface area contributed by atoms with Gasteiger partial charge in [-0.2, -0.15) is 0 Å². The van der Waals surface area contributed by atoms with Crippen LogP contribution in [0.5, 0.6) is 0 Å². The van der Waals surface area contributed by atoms with Crippen molar-refractivity contribution in [2.75, 3.05) is 0 Å². The summed E-state index contributed by atoms with van der Waals surface area (Å²) in [4.78, 5) is 36.8. The first-order valence-electron chi connectivity index (χ1n) is 8.83. The summed E-state index contributed by atoms with van der Waals surface area (Å²) in [6, 6.07) is 0. The van der Waals surface area contributed by atoms with Crippen molar-refractivity contribution in [3.8, 4) is 0 Å². The SMILES string of the molecule is C=C1C(=O)O[C@@H]2/C=C(\C)[C@@H](O)CC(=O)[C@](C)(O)C[C@@H](OC(=O)/C(C)=C/C)[C@H]12. The topological polar surface area (TPSA) is 110 Å². The molecule has 1 fully saturated rings. The zero-order chi connectivity index (χ0) is 20.5. The first kappa shape index (κ1) is 21.1. The van der Waals surface area contributed by atoms with Gasteiger partial charge < -0.3 is 19.7 Å². The van der Waals surface area contributed by atoms with Gasteiger partial charge in [-0.05, 0) is 39.3 Å². The fourth-order valence-corrected chi connectivity index (χ4v) is 3.20. The first-order chi connectivity index (χ1) is 12.5. The van der Waals surface area contributed by atoms with Crippen LogP contribution >= 0.6 is 0 Å². The summed E-state index contributed by atoms with van der Waals surface area (Å²) < 4.78 is 10.9. The first-order valence-corrected chi connectivity index (χ1v) is 8.83. The van der Waals surface area contributed by atoms with Gasteiger partial charge in [-0.25, -0.2) is 9.59 Å². The number of fused-ring (bicyclic) bond motifs is 1. The summed E-state index contributed by atoms with van der Waals surface area (Å²) in [7, 11) is 0. The van der Waals surface area contributed by atoms with Gasteiger partial charge in [0, 0.05) is 24.0 Å². The number of Topliss-reactive ketones (excluding diaryl/α,β-unsaturated/α-hetero) is 1. The third kappa shape index (κ3) is 4.36. The minimum Gasteiger partial charge on any atom is -0.458 e. The van der Waals surface area contributed by atoms with E-state index in [1.165, 1.54) is 6.92 Å². The Morgan fingerprint density at radius 2 is 2.07 bits per heavy atom. The van der Waals surface area contributed by atoms with E-state index in [-0.39, 0.29) is 18.4 Å². The molecule has 7 heteroatoms. The summed E-state index contributed by atoms with van der Waals surface area (Å²) in [5, 5.41) is 20.9. The molecule has 7 nitrogen and oxygen atoms in total. The van der Waals surface area contributed by atoms with Gasteiger partial charge in [-0.15, -0.1) is 0 Å². The Hall–Kier alpha value is -2.25. The van der Waals surface area contributed by atoms with E-state index in [0.29, 0.717) is 11.1 Å². The lowest BCUT2D eigenvalue weighted by molar-refractivity contribution is -0.156. The molecule has 1 aliphatic carbocycles. The van der Waals surface area contributed by atoms with E-state index in [9.17, 15) is 24.6 Å². The molecule has 2 aliphatic rings. The fourth-order valence-electron chi connectivity index (χ4n) is 3.20. The normalized spacial score (nSPS) is 37.2. The highest BCUT2D eigenvalue weighted by Crippen LogP contribution is 2.37. The van der Waals surface area contributed by atoms with Crippen molar-refractivity contribution >= 4 is 17.7 Å². The van der Waals surface area contributed by atoms with Crippen LogP contribution < -0.4 is 0 Å². The molecular weight excluding hydrogens is 352 g/mol. The van der Waals surface area contributed by atoms with Crippen molar-refractivity contribution in [3.05, 3.63) is 35.5 Å². The van der Waals surface area contributed by atoms with Gasteiger partial charge in [0.05, 0.1) is 12.0 Å². The highest BCUT2D eigenvalue weighted by atomic mass is 16.6. The van der Waals surface area contributed by atoms with Gasteiger partial charge in [0.15, 0.2) is 5.78 Å². The zero-order valence-electron chi connectivity index (χ0n) is 16.0. The van der Waals surface area contributed by atoms with E-state index >= 15 is 0 Å². The standard InChI is InChI=1S/C20H26O7/c1-6-10(2)18(23)27-15-9-20(5,25)16(22)8-13(21)11(3)7-14-17(15)12(4)19(24)26-14/h6-7,13-15,17,21,25H,4,8-9H2,1-3,5H3/b10-6+,11-7+/t13-,14+,15+,17+,20+/m0/s1. The number of ether oxygens (including phenoxy) is 2. The van der Waals surface area contributed by atoms with E-state index in [1.54, 1.807) is 32.9 Å². The van der Waals surface area contributed by atoms with Crippen LogP contribution in [0.4, 0.5) is 0 Å². The second-order valence-corrected chi connectivity index (χ2v) is 7.37. The highest BCUT2D eigenvalue weighted by Gasteiger charge is 2.48. The van der Waals surface area contributed by atoms with Crippen molar-refractivity contribution < 1.29 is 34.1 Å². The van der Waals surface area contributed by atoms with Crippen LogP contribution in [0.15, 0.2) is 35.5 Å². The van der Waals surface area contributed by atoms with Crippen LogP contribution in [0.25, 0.3) is 0 Å². The average Bonchev–Trinajstić information content (AvgIpc) is 2.86. The molecule has 0 unspecified atom stereocenters. The van der Waals surface area contributed by atoms with Crippen LogP contribution in [0, 0.1) is 5.92 Å². The molecule has 0 amide bonds. The van der Waals surface area contributed by atoms with Gasteiger partial charge in [-0.1, -0.05) is 12.7 Å². The maximum atomic E-state index is 12.5. The number of carbonyl (C=O) groups excluding carboxylic acids is 3. The van der Waals surface area contributed by atoms with Crippen molar-refractivity contribution in [1.29, 1.82) is 0 Å². The number of esters is 2. The number of carbonyl (C=O) groups is 3. The Morgan fingerprint density at radius 1 is 1.44 bits per heavy atom. The minimum atomic E-state index is -1.86. The molecule has 5 atom stereocenters. The van der Waals surface area contributed by atoms with E-state index in [0.717, 1.165) is 0 Å². The molecule has 0 spiro atoms. The molecule has 1 aliphatic heterocycles. The van der Waals surface area contributed by atoms with Gasteiger partial charge in [-0.3, -0.25) is 4.79 Å². The maximum Gasteiger partial charge on any atom is 0.334 e. The zero-order valence-corrected chi connectivity index (χ0v) is 16.0. The smallest absolute Gasteiger partial charge is 0.334 e. The lowest BCUT2D eigenvalue weighted by Gasteiger charge is -2.33. The molecule has 0 radical (unpaired) electrons. The number of rotatable bonds is 2. The van der Waals surface area contributed by atoms with E-state index in [1.807, 2.05) is 0 Å². The minimum absolute atomic E-state index is 0.0956. The predicted octanol–water partition coefficient (Wildman–Crippen LogP) is 1.38. The average molecular weight is 378 g/mol. The van der Waals surface area contributed by atoms with Crippen LogP contribution in [0.3, 0.4) is 0 Å². The molecule has 0 aromatic heterocycles. The summed E-state index contributed by atoms with van der Waals surface area (Å²) in [5.74, 6) is -2.61. The largest absolute Gasteiger partial charge is 0.458 e. The molecule has 2 rings (SSSR count). The predicted molar refractivity (Wildman–Crippen MR) is 96.4 cm³/mol. The summed E-state index contributed by atoms with van der Waals surface area (Å²) in [5.41, 5.74) is -0.983. The number of aliphatic hydroxyl groups is 2. The quantitative estimate of drug-likeness (QED) is 0.424. The second kappa shape index (κ2) is 7.78. The van der Waals surface area contributed by atoms with Crippen LogP contribution in [-0.2, 0) is 23.9 Å². The van der Waals surface area contributed by atoms with Crippen molar-refractivity contribution in [2.24, 2.45) is 5.92 Å². The summed E-state index contributed by atoms with van der Waals surface area (Å²) in [6.45, 7) is 9.91. The Balaban J connectivity index is 2.52. The third-order valence-corrected chi connectivity index (χ3v) is 5.21. The lowest BCUT2D eigenvalue weighted by atomic mass is 9.79. The van der Waals surface area contributed by atoms with E-state index < -0.39 is 47.6 Å². The number of hydrogen-bond acceptors (Lipinski definition) is 7. The fraction of sp³-hybridized carbons (Fsp3) is 0.550. The number of hydrogen-bond donors (Lipinski definition) is 2. The Bertz CT molecular complexity index is 729. The Kier molecular flexibility index (Phi) is 6.07. The van der Waals surface area contributed by atoms with Crippen LogP contribution in [0.1, 0.15) is 40.5 Å². The summed E-state index contributed by atoms with van der Waals surface area (Å²) >= 11 is 0. The molecule has 0 saturated carbocycles. The molecule has 0 bridgehead atoms. The molecule has 1 heterocycles.